The van der Waals surface area contributed by atoms with Crippen LogP contribution in [0.1, 0.15) is 63.4 Å². The predicted molar refractivity (Wildman–Crippen MR) is 106 cm³/mol. The first-order valence-corrected chi connectivity index (χ1v) is 10.3. The van der Waals surface area contributed by atoms with Gasteiger partial charge in [0.25, 0.3) is 0 Å². The van der Waals surface area contributed by atoms with E-state index in [1.807, 2.05) is 5.98 Å². The smallest absolute Gasteiger partial charge is 0.451 e. The van der Waals surface area contributed by atoms with Gasteiger partial charge < -0.3 is 18.8 Å². The third-order valence-corrected chi connectivity index (χ3v) is 7.43. The lowest BCUT2D eigenvalue weighted by Crippen LogP contribution is -2.65. The van der Waals surface area contributed by atoms with Crippen molar-refractivity contribution < 1.29 is 28.0 Å². The van der Waals surface area contributed by atoms with Crippen molar-refractivity contribution in [2.75, 3.05) is 0 Å². The number of esters is 1. The Morgan fingerprint density at radius 3 is 2.62 bits per heavy atom. The van der Waals surface area contributed by atoms with Crippen LogP contribution in [0.15, 0.2) is 18.1 Å². The number of fused-ring (bicyclic) bond motifs is 1. The standard InChI is InChI=1S/C22H26BFO5/c1-20(2)13-10-15(20)22(5)16(11-13)28-23(29-22)9-8-12-6-7-14(24)17-18(12)26-21(3,4)27-19(17)25/h6-9,13,15-16H,10-11H2,1-5H3/b9-8+/t13-,15-,16?,22-/m0/s1. The molecule has 1 aromatic rings. The minimum atomic E-state index is -1.16. The molecule has 6 rings (SSSR count). The van der Waals surface area contributed by atoms with Gasteiger partial charge in [-0.1, -0.05) is 25.9 Å². The third kappa shape index (κ3) is 2.70. The molecule has 2 bridgehead atoms. The average molecular weight is 400 g/mol. The van der Waals surface area contributed by atoms with Gasteiger partial charge in [-0.25, -0.2) is 9.18 Å². The normalized spacial score (nSPS) is 36.1. The second kappa shape index (κ2) is 5.85. The Bertz CT molecular complexity index is 926. The van der Waals surface area contributed by atoms with E-state index in [9.17, 15) is 9.18 Å². The van der Waals surface area contributed by atoms with Crippen LogP contribution >= 0.6 is 0 Å². The summed E-state index contributed by atoms with van der Waals surface area (Å²) in [5.41, 5.74) is 0.395. The number of benzene rings is 1. The monoisotopic (exact) mass is 400 g/mol. The molecule has 3 saturated carbocycles. The van der Waals surface area contributed by atoms with Crippen molar-refractivity contribution in [2.24, 2.45) is 17.3 Å². The molecule has 5 aliphatic rings. The van der Waals surface area contributed by atoms with Gasteiger partial charge in [0.15, 0.2) is 0 Å². The molecule has 0 aromatic heterocycles. The maximum absolute atomic E-state index is 14.2. The fourth-order valence-corrected chi connectivity index (χ4v) is 5.71. The van der Waals surface area contributed by atoms with Gasteiger partial charge in [-0.2, -0.15) is 0 Å². The topological polar surface area (TPSA) is 54.0 Å². The minimum Gasteiger partial charge on any atom is -0.451 e. The molecule has 4 atom stereocenters. The van der Waals surface area contributed by atoms with Gasteiger partial charge in [-0.05, 0) is 49.1 Å². The number of rotatable bonds is 2. The molecule has 1 aromatic carbocycles. The van der Waals surface area contributed by atoms with Gasteiger partial charge in [0.1, 0.15) is 17.1 Å². The van der Waals surface area contributed by atoms with Crippen LogP contribution in [0.25, 0.3) is 6.08 Å². The first-order chi connectivity index (χ1) is 13.5. The summed E-state index contributed by atoms with van der Waals surface area (Å²) in [6.07, 6.45) is 4.06. The molecule has 29 heavy (non-hydrogen) atoms. The van der Waals surface area contributed by atoms with Crippen LogP contribution in [0, 0.1) is 23.1 Å². The van der Waals surface area contributed by atoms with E-state index in [0.717, 1.165) is 6.42 Å². The second-order valence-electron chi connectivity index (χ2n) is 9.93. The van der Waals surface area contributed by atoms with Gasteiger partial charge in [0.2, 0.25) is 5.79 Å². The second-order valence-corrected chi connectivity index (χ2v) is 9.93. The zero-order chi connectivity index (χ0) is 20.8. The number of carbonyl (C=O) groups is 1. The molecule has 0 spiro atoms. The molecule has 0 radical (unpaired) electrons. The zero-order valence-electron chi connectivity index (χ0n) is 17.5. The first-order valence-electron chi connectivity index (χ1n) is 10.3. The highest BCUT2D eigenvalue weighted by atomic mass is 19.1. The fourth-order valence-electron chi connectivity index (χ4n) is 5.71. The molecule has 1 unspecified atom stereocenters. The molecule has 0 amide bonds. The number of hydrogen-bond acceptors (Lipinski definition) is 5. The molecule has 7 heteroatoms. The average Bonchev–Trinajstić information content (AvgIpc) is 2.95. The number of halogens is 1. The Hall–Kier alpha value is -1.86. The van der Waals surface area contributed by atoms with E-state index in [1.165, 1.54) is 12.5 Å². The molecule has 4 fully saturated rings. The van der Waals surface area contributed by atoms with E-state index < -0.39 is 24.7 Å². The van der Waals surface area contributed by atoms with Crippen LogP contribution in [0.4, 0.5) is 4.39 Å². The summed E-state index contributed by atoms with van der Waals surface area (Å²) in [5, 5.41) is 0. The third-order valence-electron chi connectivity index (χ3n) is 7.43. The van der Waals surface area contributed by atoms with Crippen molar-refractivity contribution in [2.45, 2.75) is 65.0 Å². The highest BCUT2D eigenvalue weighted by molar-refractivity contribution is 6.52. The maximum atomic E-state index is 14.2. The van der Waals surface area contributed by atoms with Crippen molar-refractivity contribution in [1.29, 1.82) is 0 Å². The van der Waals surface area contributed by atoms with Gasteiger partial charge in [-0.15, -0.1) is 0 Å². The summed E-state index contributed by atoms with van der Waals surface area (Å²) in [6.45, 7) is 10.0. The van der Waals surface area contributed by atoms with E-state index in [-0.39, 0.29) is 28.4 Å². The summed E-state index contributed by atoms with van der Waals surface area (Å²) < 4.78 is 37.7. The molecule has 154 valence electrons. The van der Waals surface area contributed by atoms with E-state index in [4.69, 9.17) is 18.8 Å². The molecule has 2 heterocycles. The van der Waals surface area contributed by atoms with Crippen LogP contribution in [0.3, 0.4) is 0 Å². The van der Waals surface area contributed by atoms with Crippen LogP contribution in [0.2, 0.25) is 0 Å². The Kier molecular flexibility index (Phi) is 3.86. The van der Waals surface area contributed by atoms with Crippen molar-refractivity contribution in [3.8, 4) is 5.75 Å². The Labute approximate surface area is 170 Å². The molecule has 3 aliphatic carbocycles. The Morgan fingerprint density at radius 1 is 1.14 bits per heavy atom. The van der Waals surface area contributed by atoms with E-state index in [1.54, 1.807) is 26.0 Å². The Balaban J connectivity index is 1.41. The van der Waals surface area contributed by atoms with Gasteiger partial charge >= 0.3 is 13.1 Å². The summed E-state index contributed by atoms with van der Waals surface area (Å²) >= 11 is 0. The molecular weight excluding hydrogens is 374 g/mol. The summed E-state index contributed by atoms with van der Waals surface area (Å²) in [5.74, 6) is 0.627. The highest BCUT2D eigenvalue weighted by Crippen LogP contribution is 2.65. The lowest BCUT2D eigenvalue weighted by molar-refractivity contribution is -0.199. The molecule has 2 aliphatic heterocycles. The largest absolute Gasteiger partial charge is 0.486 e. The summed E-state index contributed by atoms with van der Waals surface area (Å²) in [4.78, 5) is 12.2. The van der Waals surface area contributed by atoms with Gasteiger partial charge in [-0.3, -0.25) is 0 Å². The van der Waals surface area contributed by atoms with Crippen molar-refractivity contribution in [3.63, 3.8) is 0 Å². The van der Waals surface area contributed by atoms with Crippen LogP contribution < -0.4 is 4.74 Å². The SMILES string of the molecule is CC1(C)OC(=O)c2c(F)ccc(/C=C/B3OC4C[C@@H]5C[C@@H](C5(C)C)[C@]4(C)O3)c2O1. The van der Waals surface area contributed by atoms with Gasteiger partial charge in [0, 0.05) is 19.4 Å². The number of ether oxygens (including phenoxy) is 2. The number of cyclic esters (lactones) is 1. The van der Waals surface area contributed by atoms with Crippen molar-refractivity contribution in [1.82, 2.24) is 0 Å². The molecule has 1 saturated heterocycles. The van der Waals surface area contributed by atoms with Crippen molar-refractivity contribution in [3.05, 3.63) is 35.1 Å². The van der Waals surface area contributed by atoms with Crippen molar-refractivity contribution >= 4 is 19.2 Å². The summed E-state index contributed by atoms with van der Waals surface area (Å²) in [6, 6.07) is 2.83. The number of carbonyl (C=O) groups excluding carboxylic acids is 1. The van der Waals surface area contributed by atoms with Crippen LogP contribution in [0.5, 0.6) is 5.75 Å². The molecule has 5 nitrogen and oxygen atoms in total. The van der Waals surface area contributed by atoms with E-state index in [0.29, 0.717) is 17.4 Å². The molecular formula is C22H26BFO5. The predicted octanol–water partition coefficient (Wildman–Crippen LogP) is 4.39. The quantitative estimate of drug-likeness (QED) is 0.545. The first kappa shape index (κ1) is 19.1. The highest BCUT2D eigenvalue weighted by Gasteiger charge is 2.67. The van der Waals surface area contributed by atoms with E-state index >= 15 is 0 Å². The molecule has 0 N–H and O–H groups in total. The lowest BCUT2D eigenvalue weighted by Gasteiger charge is -2.64. The lowest BCUT2D eigenvalue weighted by atomic mass is 9.43. The Morgan fingerprint density at radius 2 is 1.90 bits per heavy atom. The maximum Gasteiger partial charge on any atom is 0.486 e. The van der Waals surface area contributed by atoms with E-state index in [2.05, 4.69) is 20.8 Å². The minimum absolute atomic E-state index is 0.0845. The van der Waals surface area contributed by atoms with Crippen LogP contribution in [-0.2, 0) is 14.0 Å². The zero-order valence-corrected chi connectivity index (χ0v) is 17.5. The fraction of sp³-hybridized carbons (Fsp3) is 0.591. The number of hydrogen-bond donors (Lipinski definition) is 0. The van der Waals surface area contributed by atoms with Gasteiger partial charge in [0.05, 0.1) is 11.7 Å². The van der Waals surface area contributed by atoms with Crippen LogP contribution in [-0.4, -0.2) is 30.6 Å². The summed E-state index contributed by atoms with van der Waals surface area (Å²) in [7, 11) is -0.482.